The zero-order valence-electron chi connectivity index (χ0n) is 17.2. The Labute approximate surface area is 185 Å². The van der Waals surface area contributed by atoms with Crippen LogP contribution in [0.4, 0.5) is 5.69 Å². The molecule has 0 unspecified atom stereocenters. The summed E-state index contributed by atoms with van der Waals surface area (Å²) < 4.78 is 39.2. The molecule has 3 aromatic rings. The molecule has 2 heterocycles. The smallest absolute Gasteiger partial charge is 0.338 e. The molecule has 1 aliphatic rings. The summed E-state index contributed by atoms with van der Waals surface area (Å²) in [7, 11) is -2.54. The van der Waals surface area contributed by atoms with Gasteiger partial charge in [0.2, 0.25) is 0 Å². The molecule has 9 heteroatoms. The highest BCUT2D eigenvalue weighted by Crippen LogP contribution is 2.35. The summed E-state index contributed by atoms with van der Waals surface area (Å²) >= 11 is 1.47. The number of nitrogens with zero attached hydrogens (tertiary/aromatic N) is 2. The molecule has 0 aliphatic carbocycles. The number of anilines is 1. The molecule has 1 aromatic heterocycles. The minimum absolute atomic E-state index is 0.0246. The van der Waals surface area contributed by atoms with E-state index in [2.05, 4.69) is 4.98 Å². The number of thiazole rings is 1. The number of fused-ring (bicyclic) bond motifs is 1. The zero-order chi connectivity index (χ0) is 22.0. The third kappa shape index (κ3) is 4.28. The Bertz CT molecular complexity index is 1220. The molecule has 31 heavy (non-hydrogen) atoms. The van der Waals surface area contributed by atoms with Gasteiger partial charge in [-0.05, 0) is 49.6 Å². The van der Waals surface area contributed by atoms with Gasteiger partial charge in [-0.2, -0.15) is 0 Å². The molecule has 0 radical (unpaired) electrons. The number of sulfonamides is 1. The Morgan fingerprint density at radius 3 is 2.77 bits per heavy atom. The fraction of sp³-hybridized carbons (Fsp3) is 0.273. The predicted molar refractivity (Wildman–Crippen MR) is 118 cm³/mol. The lowest BCUT2D eigenvalue weighted by atomic mass is 10.0. The van der Waals surface area contributed by atoms with Crippen molar-refractivity contribution in [3.8, 4) is 5.75 Å². The monoisotopic (exact) mass is 458 g/mol. The highest BCUT2D eigenvalue weighted by atomic mass is 32.2. The summed E-state index contributed by atoms with van der Waals surface area (Å²) in [5.74, 6) is -0.446. The van der Waals surface area contributed by atoms with Gasteiger partial charge in [0.05, 0.1) is 29.1 Å². The largest absolute Gasteiger partial charge is 0.495 e. The maximum atomic E-state index is 13.6. The number of aromatic nitrogens is 1. The minimum Gasteiger partial charge on any atom is -0.495 e. The van der Waals surface area contributed by atoms with Crippen molar-refractivity contribution in [1.29, 1.82) is 0 Å². The number of carbonyl (C=O) groups is 1. The van der Waals surface area contributed by atoms with E-state index in [0.717, 1.165) is 17.0 Å². The van der Waals surface area contributed by atoms with Crippen molar-refractivity contribution in [2.75, 3.05) is 18.0 Å². The van der Waals surface area contributed by atoms with Gasteiger partial charge in [0.25, 0.3) is 10.0 Å². The van der Waals surface area contributed by atoms with Crippen LogP contribution in [0.1, 0.15) is 33.0 Å². The molecule has 1 aliphatic heterocycles. The first-order valence-electron chi connectivity index (χ1n) is 9.77. The van der Waals surface area contributed by atoms with E-state index >= 15 is 0 Å². The van der Waals surface area contributed by atoms with Gasteiger partial charge in [0, 0.05) is 11.9 Å². The van der Waals surface area contributed by atoms with E-state index < -0.39 is 16.0 Å². The molecule has 2 aromatic carbocycles. The van der Waals surface area contributed by atoms with E-state index in [9.17, 15) is 13.2 Å². The zero-order valence-corrected chi connectivity index (χ0v) is 18.8. The van der Waals surface area contributed by atoms with Gasteiger partial charge in [0.15, 0.2) is 0 Å². The molecule has 162 valence electrons. The molecule has 0 amide bonds. The SMILES string of the molecule is COc1ccc(C(=O)OCc2csc(C)n2)cc1S(=O)(=O)N1CCCc2ccccc21. The van der Waals surface area contributed by atoms with Gasteiger partial charge >= 0.3 is 5.97 Å². The Morgan fingerprint density at radius 2 is 2.03 bits per heavy atom. The van der Waals surface area contributed by atoms with Crippen molar-refractivity contribution in [2.24, 2.45) is 0 Å². The van der Waals surface area contributed by atoms with Crippen LogP contribution in [0, 0.1) is 6.92 Å². The average molecular weight is 459 g/mol. The van der Waals surface area contributed by atoms with Crippen LogP contribution >= 0.6 is 11.3 Å². The Hall–Kier alpha value is -2.91. The summed E-state index contributed by atoms with van der Waals surface area (Å²) in [4.78, 5) is 16.8. The van der Waals surface area contributed by atoms with Crippen molar-refractivity contribution in [1.82, 2.24) is 4.98 Å². The van der Waals surface area contributed by atoms with E-state index in [0.29, 0.717) is 24.3 Å². The normalized spacial score (nSPS) is 13.5. The maximum absolute atomic E-state index is 13.6. The average Bonchev–Trinajstić information content (AvgIpc) is 3.21. The van der Waals surface area contributed by atoms with E-state index in [1.54, 1.807) is 6.07 Å². The highest BCUT2D eigenvalue weighted by molar-refractivity contribution is 7.93. The molecule has 0 N–H and O–H groups in total. The van der Waals surface area contributed by atoms with E-state index in [4.69, 9.17) is 9.47 Å². The lowest BCUT2D eigenvalue weighted by molar-refractivity contribution is 0.0468. The minimum atomic E-state index is -3.95. The van der Waals surface area contributed by atoms with E-state index in [-0.39, 0.29) is 22.8 Å². The standard InChI is InChI=1S/C22H22N2O5S2/c1-15-23-18(14-30-15)13-29-22(25)17-9-10-20(28-2)21(12-17)31(26,27)24-11-5-7-16-6-3-4-8-19(16)24/h3-4,6,8-10,12,14H,5,7,11,13H2,1-2H3. The Balaban J connectivity index is 1.65. The summed E-state index contributed by atoms with van der Waals surface area (Å²) in [6.07, 6.45) is 1.54. The molecule has 7 nitrogen and oxygen atoms in total. The van der Waals surface area contributed by atoms with Crippen molar-refractivity contribution in [2.45, 2.75) is 31.3 Å². The van der Waals surface area contributed by atoms with Crippen LogP contribution in [-0.2, 0) is 27.8 Å². The first kappa shape index (κ1) is 21.3. The number of hydrogen-bond acceptors (Lipinski definition) is 7. The van der Waals surface area contributed by atoms with E-state index in [1.165, 1.54) is 41.0 Å². The summed E-state index contributed by atoms with van der Waals surface area (Å²) in [5, 5.41) is 2.70. The Morgan fingerprint density at radius 1 is 1.23 bits per heavy atom. The van der Waals surface area contributed by atoms with Crippen LogP contribution in [0.25, 0.3) is 0 Å². The van der Waals surface area contributed by atoms with Crippen molar-refractivity contribution < 1.29 is 22.7 Å². The number of rotatable bonds is 6. The van der Waals surface area contributed by atoms with Gasteiger partial charge in [-0.1, -0.05) is 18.2 Å². The van der Waals surface area contributed by atoms with Gasteiger partial charge in [-0.3, -0.25) is 4.31 Å². The summed E-state index contributed by atoms with van der Waals surface area (Å²) in [5.41, 5.74) is 2.42. The molecule has 4 rings (SSSR count). The molecule has 0 spiro atoms. The van der Waals surface area contributed by atoms with E-state index in [1.807, 2.05) is 30.5 Å². The molecule has 0 fully saturated rings. The first-order valence-corrected chi connectivity index (χ1v) is 12.1. The van der Waals surface area contributed by atoms with Crippen LogP contribution in [0.15, 0.2) is 52.7 Å². The molecule has 0 atom stereocenters. The lowest BCUT2D eigenvalue weighted by Crippen LogP contribution is -2.35. The van der Waals surface area contributed by atoms with Crippen LogP contribution < -0.4 is 9.04 Å². The van der Waals surface area contributed by atoms with Gasteiger partial charge in [-0.15, -0.1) is 11.3 Å². The number of aryl methyl sites for hydroxylation is 2. The second kappa shape index (κ2) is 8.68. The highest BCUT2D eigenvalue weighted by Gasteiger charge is 2.32. The van der Waals surface area contributed by atoms with Crippen molar-refractivity contribution in [3.63, 3.8) is 0 Å². The number of hydrogen-bond donors (Lipinski definition) is 0. The maximum Gasteiger partial charge on any atom is 0.338 e. The van der Waals surface area contributed by atoms with Gasteiger partial charge < -0.3 is 9.47 Å². The van der Waals surface area contributed by atoms with Crippen molar-refractivity contribution in [3.05, 3.63) is 69.7 Å². The predicted octanol–water partition coefficient (Wildman–Crippen LogP) is 3.96. The quantitative estimate of drug-likeness (QED) is 0.520. The van der Waals surface area contributed by atoms with Gasteiger partial charge in [-0.25, -0.2) is 18.2 Å². The van der Waals surface area contributed by atoms with Crippen LogP contribution in [-0.4, -0.2) is 33.0 Å². The first-order chi connectivity index (χ1) is 14.9. The number of methoxy groups -OCH3 is 1. The molecular formula is C22H22N2O5S2. The fourth-order valence-electron chi connectivity index (χ4n) is 3.57. The lowest BCUT2D eigenvalue weighted by Gasteiger charge is -2.30. The molecule has 0 saturated carbocycles. The van der Waals surface area contributed by atoms with Crippen LogP contribution in [0.2, 0.25) is 0 Å². The number of carbonyl (C=O) groups excluding carboxylic acids is 1. The topological polar surface area (TPSA) is 85.8 Å². The third-order valence-electron chi connectivity index (χ3n) is 5.05. The molecular weight excluding hydrogens is 436 g/mol. The number of para-hydroxylation sites is 1. The summed E-state index contributed by atoms with van der Waals surface area (Å²) in [6.45, 7) is 2.26. The number of ether oxygens (including phenoxy) is 2. The number of esters is 1. The van der Waals surface area contributed by atoms with Crippen LogP contribution in [0.5, 0.6) is 5.75 Å². The van der Waals surface area contributed by atoms with Gasteiger partial charge in [0.1, 0.15) is 17.3 Å². The second-order valence-corrected chi connectivity index (χ2v) is 10.0. The molecule has 0 bridgehead atoms. The third-order valence-corrected chi connectivity index (χ3v) is 7.71. The number of benzene rings is 2. The molecule has 0 saturated heterocycles. The second-order valence-electron chi connectivity index (χ2n) is 7.11. The summed E-state index contributed by atoms with van der Waals surface area (Å²) in [6, 6.07) is 11.7. The van der Waals surface area contributed by atoms with Crippen molar-refractivity contribution >= 4 is 33.0 Å². The van der Waals surface area contributed by atoms with Crippen LogP contribution in [0.3, 0.4) is 0 Å². The fourth-order valence-corrected chi connectivity index (χ4v) is 5.89. The Kier molecular flexibility index (Phi) is 5.97.